The lowest BCUT2D eigenvalue weighted by atomic mass is 9.94. The molecule has 0 saturated heterocycles. The van der Waals surface area contributed by atoms with E-state index in [-0.39, 0.29) is 0 Å². The first-order valence-corrected chi connectivity index (χ1v) is 17.3. The molecule has 8 aromatic rings. The minimum atomic E-state index is 0.826. The van der Waals surface area contributed by atoms with E-state index in [9.17, 15) is 0 Å². The molecule has 0 amide bonds. The summed E-state index contributed by atoms with van der Waals surface area (Å²) in [5.74, 6) is 0. The largest absolute Gasteiger partial charge is 0.456 e. The standard InChI is InChI=1S/C47H33NOS/c1-30-46-44(27-31-25-37(39-15-5-7-18-42(39)48-30)29-38(26-31)40-16-6-8-20-45(40)50)49-43-19-10-17-41(47(43)46)36-14-9-13-35(28-36)34-23-21-33(22-24-34)32-11-3-2-4-12-32/h2-29,48,50H,1H3/b44-27+,46-30-. The lowest BCUT2D eigenvalue weighted by molar-refractivity contribution is 0.575. The predicted octanol–water partition coefficient (Wildman–Crippen LogP) is 11.4. The molecule has 3 heteroatoms. The predicted molar refractivity (Wildman–Crippen MR) is 213 cm³/mol. The van der Waals surface area contributed by atoms with Gasteiger partial charge in [-0.15, -0.1) is 12.6 Å². The topological polar surface area (TPSA) is 25.2 Å². The van der Waals surface area contributed by atoms with Gasteiger partial charge in [0.15, 0.2) is 0 Å². The fourth-order valence-corrected chi connectivity index (χ4v) is 7.55. The number of nitrogens with one attached hydrogen (secondary N) is 1. The van der Waals surface area contributed by atoms with Crippen molar-refractivity contribution in [2.75, 3.05) is 5.32 Å². The van der Waals surface area contributed by atoms with Crippen LogP contribution in [0.1, 0.15) is 12.5 Å². The lowest BCUT2D eigenvalue weighted by Crippen LogP contribution is -2.26. The van der Waals surface area contributed by atoms with Crippen LogP contribution in [-0.2, 0) is 0 Å². The van der Waals surface area contributed by atoms with Crippen molar-refractivity contribution in [1.82, 2.24) is 0 Å². The van der Waals surface area contributed by atoms with Gasteiger partial charge in [0, 0.05) is 32.4 Å². The van der Waals surface area contributed by atoms with Crippen molar-refractivity contribution in [2.45, 2.75) is 11.8 Å². The van der Waals surface area contributed by atoms with Crippen LogP contribution in [0, 0.1) is 0 Å². The number of hydrogen-bond acceptors (Lipinski definition) is 3. The highest BCUT2D eigenvalue weighted by Crippen LogP contribution is 2.36. The van der Waals surface area contributed by atoms with Crippen molar-refractivity contribution in [3.63, 3.8) is 0 Å². The Kier molecular flexibility index (Phi) is 7.49. The number of anilines is 1. The molecule has 0 saturated carbocycles. The van der Waals surface area contributed by atoms with Crippen LogP contribution in [-0.4, -0.2) is 0 Å². The maximum Gasteiger partial charge on any atom is 0.137 e. The van der Waals surface area contributed by atoms with Crippen LogP contribution in [0.4, 0.5) is 5.69 Å². The Bertz CT molecular complexity index is 2690. The van der Waals surface area contributed by atoms with Gasteiger partial charge in [-0.25, -0.2) is 0 Å². The maximum atomic E-state index is 6.75. The van der Waals surface area contributed by atoms with E-state index in [1.807, 2.05) is 12.1 Å². The molecular formula is C47H33NOS. The summed E-state index contributed by atoms with van der Waals surface area (Å²) < 4.78 is 6.75. The van der Waals surface area contributed by atoms with Crippen LogP contribution in [0.15, 0.2) is 173 Å². The summed E-state index contributed by atoms with van der Waals surface area (Å²) in [4.78, 5) is 0.946. The Morgan fingerprint density at radius 1 is 0.480 bits per heavy atom. The maximum absolute atomic E-state index is 6.75. The summed E-state index contributed by atoms with van der Waals surface area (Å²) in [6.07, 6.45) is 2.18. The number of hydrogen-bond donors (Lipinski definition) is 2. The normalized spacial score (nSPS) is 13.8. The van der Waals surface area contributed by atoms with Gasteiger partial charge in [0.1, 0.15) is 11.0 Å². The summed E-state index contributed by atoms with van der Waals surface area (Å²) in [7, 11) is 0. The molecule has 1 aromatic heterocycles. The third-order valence-electron chi connectivity index (χ3n) is 9.64. The van der Waals surface area contributed by atoms with Gasteiger partial charge in [-0.1, -0.05) is 121 Å². The van der Waals surface area contributed by atoms with Crippen LogP contribution in [0.25, 0.3) is 78.4 Å². The zero-order chi connectivity index (χ0) is 33.6. The van der Waals surface area contributed by atoms with E-state index in [2.05, 4.69) is 170 Å². The van der Waals surface area contributed by atoms with Crippen molar-refractivity contribution >= 4 is 41.1 Å². The molecule has 0 aliphatic carbocycles. The van der Waals surface area contributed by atoms with Gasteiger partial charge in [-0.05, 0) is 111 Å². The first kappa shape index (κ1) is 30.1. The van der Waals surface area contributed by atoms with Crippen molar-refractivity contribution in [1.29, 1.82) is 0 Å². The number of fused-ring (bicyclic) bond motifs is 7. The van der Waals surface area contributed by atoms with E-state index in [0.29, 0.717) is 0 Å². The molecule has 2 heterocycles. The second-order valence-electron chi connectivity index (χ2n) is 12.8. The third-order valence-corrected chi connectivity index (χ3v) is 10.0. The van der Waals surface area contributed by atoms with Gasteiger partial charge < -0.3 is 9.73 Å². The van der Waals surface area contributed by atoms with Gasteiger partial charge in [0.2, 0.25) is 0 Å². The van der Waals surface area contributed by atoms with Crippen molar-refractivity contribution in [3.8, 4) is 55.6 Å². The van der Waals surface area contributed by atoms with E-state index in [1.54, 1.807) is 0 Å². The zero-order valence-electron chi connectivity index (χ0n) is 27.5. The minimum absolute atomic E-state index is 0.826. The van der Waals surface area contributed by atoms with Gasteiger partial charge >= 0.3 is 0 Å². The van der Waals surface area contributed by atoms with Crippen LogP contribution in [0.2, 0.25) is 0 Å². The number of benzene rings is 7. The summed E-state index contributed by atoms with van der Waals surface area (Å²) in [5, 5.41) is 5.96. The first-order chi connectivity index (χ1) is 24.6. The molecule has 238 valence electrons. The molecular weight excluding hydrogens is 627 g/mol. The van der Waals surface area contributed by atoms with Crippen LogP contribution >= 0.6 is 12.6 Å². The Morgan fingerprint density at radius 2 is 1.06 bits per heavy atom. The molecule has 1 aliphatic rings. The molecule has 0 fully saturated rings. The van der Waals surface area contributed by atoms with E-state index in [0.717, 1.165) is 76.8 Å². The minimum Gasteiger partial charge on any atom is -0.456 e. The Hall–Kier alpha value is -6.03. The Morgan fingerprint density at radius 3 is 1.86 bits per heavy atom. The summed E-state index contributed by atoms with van der Waals surface area (Å²) in [5.41, 5.74) is 16.4. The number of rotatable bonds is 4. The Labute approximate surface area is 297 Å². The van der Waals surface area contributed by atoms with Crippen LogP contribution in [0.5, 0.6) is 0 Å². The molecule has 0 spiro atoms. The highest BCUT2D eigenvalue weighted by molar-refractivity contribution is 7.80. The van der Waals surface area contributed by atoms with Gasteiger partial charge in [0.25, 0.3) is 0 Å². The highest BCUT2D eigenvalue weighted by Gasteiger charge is 2.17. The SMILES string of the molecule is C/C1=c2\c(oc3cccc(-c4cccc(-c5ccc(-c6ccccc6)cc5)c4)c23)=C/c2cc(-c3ccccc3S)cc(c2)-c2ccccc2N1. The first-order valence-electron chi connectivity index (χ1n) is 16.9. The highest BCUT2D eigenvalue weighted by atomic mass is 32.1. The van der Waals surface area contributed by atoms with Crippen molar-refractivity contribution in [3.05, 3.63) is 180 Å². The smallest absolute Gasteiger partial charge is 0.137 e. The average molecular weight is 660 g/mol. The molecule has 2 nitrogen and oxygen atoms in total. The quantitative estimate of drug-likeness (QED) is 0.184. The second-order valence-corrected chi connectivity index (χ2v) is 13.3. The Balaban J connectivity index is 1.24. The number of para-hydroxylation sites is 1. The molecule has 1 aliphatic heterocycles. The van der Waals surface area contributed by atoms with Gasteiger partial charge in [-0.2, -0.15) is 0 Å². The van der Waals surface area contributed by atoms with E-state index in [4.69, 9.17) is 17.0 Å². The fourth-order valence-electron chi connectivity index (χ4n) is 7.26. The molecule has 0 unspecified atom stereocenters. The summed E-state index contributed by atoms with van der Waals surface area (Å²) in [6, 6.07) is 58.1. The number of furan rings is 1. The molecule has 50 heavy (non-hydrogen) atoms. The number of thiol groups is 1. The average Bonchev–Trinajstić information content (AvgIpc) is 3.53. The van der Waals surface area contributed by atoms with Crippen molar-refractivity contribution < 1.29 is 4.42 Å². The van der Waals surface area contributed by atoms with Crippen LogP contribution in [0.3, 0.4) is 0 Å². The monoisotopic (exact) mass is 659 g/mol. The third kappa shape index (κ3) is 5.42. The molecule has 1 N–H and O–H groups in total. The molecule has 0 radical (unpaired) electrons. The van der Waals surface area contributed by atoms with Gasteiger partial charge in [-0.3, -0.25) is 0 Å². The summed E-state index contributed by atoms with van der Waals surface area (Å²) >= 11 is 4.81. The second kappa shape index (κ2) is 12.5. The fraction of sp³-hybridized carbons (Fsp3) is 0.0213. The molecule has 9 rings (SSSR count). The van der Waals surface area contributed by atoms with E-state index >= 15 is 0 Å². The van der Waals surface area contributed by atoms with E-state index < -0.39 is 0 Å². The van der Waals surface area contributed by atoms with Crippen molar-refractivity contribution in [2.24, 2.45) is 0 Å². The summed E-state index contributed by atoms with van der Waals surface area (Å²) in [6.45, 7) is 2.15. The van der Waals surface area contributed by atoms with E-state index in [1.165, 1.54) is 22.3 Å². The van der Waals surface area contributed by atoms with Gasteiger partial charge in [0.05, 0.1) is 0 Å². The van der Waals surface area contributed by atoms with Crippen LogP contribution < -0.4 is 16.0 Å². The molecule has 0 atom stereocenters. The zero-order valence-corrected chi connectivity index (χ0v) is 28.4. The molecule has 7 aromatic carbocycles. The molecule has 2 bridgehead atoms. The lowest BCUT2D eigenvalue weighted by Gasteiger charge is -2.16.